The van der Waals surface area contributed by atoms with Gasteiger partial charge >= 0.3 is 0 Å². The van der Waals surface area contributed by atoms with Crippen LogP contribution in [-0.4, -0.2) is 35.6 Å². The zero-order chi connectivity index (χ0) is 23.8. The molecule has 0 spiro atoms. The van der Waals surface area contributed by atoms with Crippen molar-refractivity contribution in [2.75, 3.05) is 13.2 Å². The van der Waals surface area contributed by atoms with Crippen LogP contribution in [0.3, 0.4) is 0 Å². The number of nitrogens with zero attached hydrogens (tertiary/aromatic N) is 3. The molecule has 0 saturated heterocycles. The lowest BCUT2D eigenvalue weighted by molar-refractivity contribution is 0.141. The average molecular weight is 487 g/mol. The Kier molecular flexibility index (Phi) is 6.38. The molecule has 0 radical (unpaired) electrons. The van der Waals surface area contributed by atoms with E-state index in [4.69, 9.17) is 21.7 Å². The second kappa shape index (κ2) is 9.09. The molecule has 0 aliphatic carbocycles. The van der Waals surface area contributed by atoms with Gasteiger partial charge in [-0.15, -0.1) is 0 Å². The first-order valence-electron chi connectivity index (χ1n) is 10.4. The van der Waals surface area contributed by atoms with E-state index in [2.05, 4.69) is 4.98 Å². The smallest absolute Gasteiger partial charge is 0.267 e. The Labute approximate surface area is 195 Å². The summed E-state index contributed by atoms with van der Waals surface area (Å²) in [6.07, 6.45) is 2.18. The molecule has 3 heterocycles. The molecule has 172 valence electrons. The van der Waals surface area contributed by atoms with Crippen LogP contribution >= 0.6 is 11.6 Å². The van der Waals surface area contributed by atoms with E-state index in [9.17, 15) is 13.2 Å². The fourth-order valence-electron chi connectivity index (χ4n) is 3.65. The molecule has 1 aromatic carbocycles. The van der Waals surface area contributed by atoms with E-state index in [1.165, 1.54) is 39.3 Å². The van der Waals surface area contributed by atoms with Crippen LogP contribution in [0.25, 0.3) is 16.7 Å². The molecule has 0 atom stereocenters. The first kappa shape index (κ1) is 23.2. The Balaban J connectivity index is 2.03. The molecular weight excluding hydrogens is 464 g/mol. The maximum Gasteiger partial charge on any atom is 0.267 e. The number of benzene rings is 1. The Morgan fingerprint density at radius 1 is 1.15 bits per heavy atom. The molecular formula is C23H23ClN4O4S. The summed E-state index contributed by atoms with van der Waals surface area (Å²) in [7, 11) is -4.09. The predicted molar refractivity (Wildman–Crippen MR) is 126 cm³/mol. The number of fused-ring (bicyclic) bond motifs is 2. The number of aryl methyl sites for hydroxylation is 2. The fraction of sp³-hybridized carbons (Fsp3) is 0.261. The van der Waals surface area contributed by atoms with Crippen LogP contribution in [0.1, 0.15) is 18.9 Å². The van der Waals surface area contributed by atoms with E-state index in [1.807, 2.05) is 19.9 Å². The van der Waals surface area contributed by atoms with Gasteiger partial charge in [-0.25, -0.2) is 13.4 Å². The number of hydrogen-bond acceptors (Lipinski definition) is 6. The van der Waals surface area contributed by atoms with Crippen molar-refractivity contribution < 1.29 is 13.2 Å². The zero-order valence-electron chi connectivity index (χ0n) is 18.2. The summed E-state index contributed by atoms with van der Waals surface area (Å²) >= 11 is 5.91. The summed E-state index contributed by atoms with van der Waals surface area (Å²) in [6.45, 7) is 4.99. The third kappa shape index (κ3) is 4.31. The average Bonchev–Trinajstić information content (AvgIpc) is 2.78. The van der Waals surface area contributed by atoms with Crippen molar-refractivity contribution in [1.82, 2.24) is 14.0 Å². The molecule has 0 aliphatic heterocycles. The maximum absolute atomic E-state index is 13.4. The highest BCUT2D eigenvalue weighted by molar-refractivity contribution is 7.91. The minimum atomic E-state index is -4.09. The molecule has 0 aliphatic rings. The van der Waals surface area contributed by atoms with Crippen LogP contribution in [0.4, 0.5) is 0 Å². The molecule has 3 aromatic heterocycles. The monoisotopic (exact) mass is 486 g/mol. The predicted octanol–water partition coefficient (Wildman–Crippen LogP) is 3.35. The fourth-order valence-corrected chi connectivity index (χ4v) is 5.16. The van der Waals surface area contributed by atoms with E-state index in [0.29, 0.717) is 30.3 Å². The van der Waals surface area contributed by atoms with Crippen molar-refractivity contribution in [3.63, 3.8) is 0 Å². The topological polar surface area (TPSA) is 107 Å². The van der Waals surface area contributed by atoms with Crippen molar-refractivity contribution in [2.24, 2.45) is 0 Å². The summed E-state index contributed by atoms with van der Waals surface area (Å²) in [5.74, 6) is 0. The minimum absolute atomic E-state index is 0.00897. The van der Waals surface area contributed by atoms with Crippen molar-refractivity contribution >= 4 is 38.1 Å². The number of hydrogen-bond donors (Lipinski definition) is 1. The lowest BCUT2D eigenvalue weighted by Crippen LogP contribution is -2.30. The van der Waals surface area contributed by atoms with Gasteiger partial charge in [-0.2, -0.15) is 0 Å². The van der Waals surface area contributed by atoms with Crippen LogP contribution in [0, 0.1) is 12.3 Å². The molecule has 4 aromatic rings. The maximum atomic E-state index is 13.4. The lowest BCUT2D eigenvalue weighted by atomic mass is 10.2. The number of rotatable bonds is 7. The molecule has 0 fully saturated rings. The first-order valence-corrected chi connectivity index (χ1v) is 12.3. The number of aromatic nitrogens is 3. The van der Waals surface area contributed by atoms with Gasteiger partial charge in [0, 0.05) is 31.0 Å². The van der Waals surface area contributed by atoms with Gasteiger partial charge in [0.2, 0.25) is 9.84 Å². The second-order valence-corrected chi connectivity index (χ2v) is 9.96. The molecule has 0 saturated carbocycles. The largest absolute Gasteiger partial charge is 0.382 e. The molecule has 4 rings (SSSR count). The summed E-state index contributed by atoms with van der Waals surface area (Å²) in [4.78, 5) is 17.7. The molecule has 10 heteroatoms. The molecule has 0 bridgehead atoms. The Morgan fingerprint density at radius 2 is 1.88 bits per heavy atom. The molecule has 8 nitrogen and oxygen atoms in total. The molecule has 0 amide bonds. The van der Waals surface area contributed by atoms with Gasteiger partial charge in [-0.3, -0.25) is 14.6 Å². The molecule has 0 unspecified atom stereocenters. The van der Waals surface area contributed by atoms with E-state index in [-0.39, 0.29) is 32.9 Å². The summed E-state index contributed by atoms with van der Waals surface area (Å²) in [5, 5.41) is 9.26. The number of sulfone groups is 1. The highest BCUT2D eigenvalue weighted by Crippen LogP contribution is 2.22. The van der Waals surface area contributed by atoms with Gasteiger partial charge in [0.05, 0.1) is 10.3 Å². The van der Waals surface area contributed by atoms with E-state index < -0.39 is 15.4 Å². The van der Waals surface area contributed by atoms with Crippen LogP contribution in [0.15, 0.2) is 63.2 Å². The Hall–Kier alpha value is -3.01. The van der Waals surface area contributed by atoms with Gasteiger partial charge < -0.3 is 9.30 Å². The molecule has 1 N–H and O–H groups in total. The van der Waals surface area contributed by atoms with Crippen molar-refractivity contribution in [3.8, 4) is 0 Å². The number of halogens is 1. The normalized spacial score (nSPS) is 12.0. The van der Waals surface area contributed by atoms with Crippen LogP contribution in [0.5, 0.6) is 0 Å². The number of pyridine rings is 2. The summed E-state index contributed by atoms with van der Waals surface area (Å²) in [5.41, 5.74) is 0.911. The van der Waals surface area contributed by atoms with Crippen molar-refractivity contribution in [2.45, 2.75) is 36.6 Å². The summed E-state index contributed by atoms with van der Waals surface area (Å²) in [6, 6.07) is 10.5. The minimum Gasteiger partial charge on any atom is -0.382 e. The zero-order valence-corrected chi connectivity index (χ0v) is 19.8. The van der Waals surface area contributed by atoms with Gasteiger partial charge in [0.25, 0.3) is 5.56 Å². The SMILES string of the molecule is CCOCCCn1c(=N)c(S(=O)(=O)c2ccc(Cl)cc2)cc2c(=O)n3cc(C)ccc3nc21. The van der Waals surface area contributed by atoms with E-state index in [1.54, 1.807) is 12.3 Å². The Morgan fingerprint density at radius 3 is 2.58 bits per heavy atom. The lowest BCUT2D eigenvalue weighted by Gasteiger charge is -2.15. The van der Waals surface area contributed by atoms with Gasteiger partial charge in [-0.1, -0.05) is 17.7 Å². The summed E-state index contributed by atoms with van der Waals surface area (Å²) < 4.78 is 35.1. The highest BCUT2D eigenvalue weighted by Gasteiger charge is 2.24. The first-order chi connectivity index (χ1) is 15.7. The van der Waals surface area contributed by atoms with Crippen LogP contribution in [0.2, 0.25) is 5.02 Å². The van der Waals surface area contributed by atoms with E-state index in [0.717, 1.165) is 5.56 Å². The van der Waals surface area contributed by atoms with Gasteiger partial charge in [-0.05, 0) is 62.2 Å². The second-order valence-electron chi connectivity index (χ2n) is 7.61. The van der Waals surface area contributed by atoms with Gasteiger partial charge in [0.15, 0.2) is 0 Å². The molecule has 33 heavy (non-hydrogen) atoms. The van der Waals surface area contributed by atoms with Crippen LogP contribution in [-0.2, 0) is 21.1 Å². The van der Waals surface area contributed by atoms with Crippen molar-refractivity contribution in [1.29, 1.82) is 5.41 Å². The standard InChI is InChI=1S/C23H23ClN4O4S/c1-3-32-12-4-11-27-21(25)19(33(30,31)17-8-6-16(24)7-9-17)13-18-22(27)26-20-10-5-15(2)14-28(20)23(18)29/h5-10,13-14,25H,3-4,11-12H2,1-2H3. The third-order valence-electron chi connectivity index (χ3n) is 5.31. The highest BCUT2D eigenvalue weighted by atomic mass is 35.5. The quantitative estimate of drug-likeness (QED) is 0.318. The van der Waals surface area contributed by atoms with E-state index >= 15 is 0 Å². The number of ether oxygens (including phenoxy) is 1. The van der Waals surface area contributed by atoms with Crippen molar-refractivity contribution in [3.05, 3.63) is 75.1 Å². The Bertz CT molecular complexity index is 1580. The number of nitrogens with one attached hydrogen (secondary N) is 1. The van der Waals surface area contributed by atoms with Gasteiger partial charge in [0.1, 0.15) is 21.7 Å². The van der Waals surface area contributed by atoms with Crippen LogP contribution < -0.4 is 11.0 Å². The third-order valence-corrected chi connectivity index (χ3v) is 7.34.